The normalized spacial score (nSPS) is 35.2. The minimum Gasteiger partial charge on any atom is -0.396 e. The van der Waals surface area contributed by atoms with Crippen LogP contribution in [0.4, 0.5) is 0 Å². The molecule has 1 aliphatic carbocycles. The number of hydrogen-bond acceptors (Lipinski definition) is 2. The van der Waals surface area contributed by atoms with Crippen LogP contribution < -0.4 is 0 Å². The Kier molecular flexibility index (Phi) is 3.73. The van der Waals surface area contributed by atoms with Crippen molar-refractivity contribution in [3.8, 4) is 0 Å². The fraction of sp³-hybridized carbons (Fsp3) is 0.833. The van der Waals surface area contributed by atoms with E-state index < -0.39 is 0 Å². The summed E-state index contributed by atoms with van der Waals surface area (Å²) in [6.45, 7) is 6.71. The monoisotopic (exact) mass is 198 g/mol. The van der Waals surface area contributed by atoms with Crippen LogP contribution in [-0.2, 0) is 0 Å². The standard InChI is InChI=1S/C12H22O2/c1-9-5-4-6-12(3,8-14)11(9)10(2)7-13/h5,10-11,13-14H,4,6-8H2,1-3H3/t10-,11+,12-/m1/s1. The van der Waals surface area contributed by atoms with Gasteiger partial charge in [-0.1, -0.05) is 25.5 Å². The third-order valence-corrected chi connectivity index (χ3v) is 3.64. The van der Waals surface area contributed by atoms with Crippen molar-refractivity contribution in [2.24, 2.45) is 17.3 Å². The molecule has 82 valence electrons. The van der Waals surface area contributed by atoms with Gasteiger partial charge < -0.3 is 10.2 Å². The second-order valence-corrected chi connectivity index (χ2v) is 4.94. The number of rotatable bonds is 3. The highest BCUT2D eigenvalue weighted by Crippen LogP contribution is 2.44. The maximum atomic E-state index is 9.47. The van der Waals surface area contributed by atoms with E-state index in [-0.39, 0.29) is 24.5 Å². The van der Waals surface area contributed by atoms with Crippen LogP contribution >= 0.6 is 0 Å². The zero-order valence-electron chi connectivity index (χ0n) is 9.45. The second kappa shape index (κ2) is 4.45. The van der Waals surface area contributed by atoms with Gasteiger partial charge in [0, 0.05) is 13.2 Å². The molecule has 2 N–H and O–H groups in total. The van der Waals surface area contributed by atoms with Gasteiger partial charge >= 0.3 is 0 Å². The van der Waals surface area contributed by atoms with Crippen molar-refractivity contribution in [2.75, 3.05) is 13.2 Å². The van der Waals surface area contributed by atoms with Crippen molar-refractivity contribution in [1.82, 2.24) is 0 Å². The van der Waals surface area contributed by atoms with Crippen molar-refractivity contribution in [3.63, 3.8) is 0 Å². The molecular formula is C12H22O2. The largest absolute Gasteiger partial charge is 0.396 e. The molecule has 0 saturated carbocycles. The lowest BCUT2D eigenvalue weighted by molar-refractivity contribution is 0.0367. The van der Waals surface area contributed by atoms with Crippen molar-refractivity contribution >= 4 is 0 Å². The van der Waals surface area contributed by atoms with E-state index in [0.29, 0.717) is 5.92 Å². The third kappa shape index (κ3) is 2.01. The Morgan fingerprint density at radius 2 is 2.21 bits per heavy atom. The molecule has 2 nitrogen and oxygen atoms in total. The van der Waals surface area contributed by atoms with Crippen molar-refractivity contribution in [1.29, 1.82) is 0 Å². The predicted molar refractivity (Wildman–Crippen MR) is 57.9 cm³/mol. The number of hydrogen-bond donors (Lipinski definition) is 2. The molecule has 0 saturated heterocycles. The summed E-state index contributed by atoms with van der Waals surface area (Å²) in [4.78, 5) is 0. The van der Waals surface area contributed by atoms with Gasteiger partial charge in [-0.3, -0.25) is 0 Å². The maximum absolute atomic E-state index is 9.47. The summed E-state index contributed by atoms with van der Waals surface area (Å²) in [5.41, 5.74) is 1.29. The summed E-state index contributed by atoms with van der Waals surface area (Å²) in [6.07, 6.45) is 4.32. The Balaban J connectivity index is 2.92. The highest BCUT2D eigenvalue weighted by molar-refractivity contribution is 5.14. The van der Waals surface area contributed by atoms with Gasteiger partial charge in [0.2, 0.25) is 0 Å². The maximum Gasteiger partial charge on any atom is 0.0490 e. The molecule has 2 heteroatoms. The highest BCUT2D eigenvalue weighted by Gasteiger charge is 2.39. The van der Waals surface area contributed by atoms with Crippen LogP contribution in [0.2, 0.25) is 0 Å². The fourth-order valence-corrected chi connectivity index (χ4v) is 2.88. The summed E-state index contributed by atoms with van der Waals surface area (Å²) in [5, 5.41) is 18.7. The molecule has 0 fully saturated rings. The van der Waals surface area contributed by atoms with Crippen molar-refractivity contribution in [2.45, 2.75) is 33.6 Å². The lowest BCUT2D eigenvalue weighted by atomic mass is 9.63. The van der Waals surface area contributed by atoms with Gasteiger partial charge in [-0.25, -0.2) is 0 Å². The molecule has 0 heterocycles. The molecule has 0 spiro atoms. The molecule has 1 aliphatic rings. The molecule has 0 aliphatic heterocycles. The molecule has 0 radical (unpaired) electrons. The molecule has 0 aromatic rings. The van der Waals surface area contributed by atoms with Gasteiger partial charge in [-0.2, -0.15) is 0 Å². The first-order valence-electron chi connectivity index (χ1n) is 5.43. The highest BCUT2D eigenvalue weighted by atomic mass is 16.3. The summed E-state index contributed by atoms with van der Waals surface area (Å²) in [6, 6.07) is 0. The molecule has 14 heavy (non-hydrogen) atoms. The number of aliphatic hydroxyl groups excluding tert-OH is 2. The van der Waals surface area contributed by atoms with Crippen LogP contribution in [0.1, 0.15) is 33.6 Å². The van der Waals surface area contributed by atoms with Crippen LogP contribution in [0.3, 0.4) is 0 Å². The van der Waals surface area contributed by atoms with Crippen LogP contribution in [0.5, 0.6) is 0 Å². The molecule has 0 aromatic heterocycles. The summed E-state index contributed by atoms with van der Waals surface area (Å²) < 4.78 is 0. The smallest absolute Gasteiger partial charge is 0.0490 e. The molecule has 3 atom stereocenters. The topological polar surface area (TPSA) is 40.5 Å². The van der Waals surface area contributed by atoms with Gasteiger partial charge in [-0.15, -0.1) is 0 Å². The number of allylic oxidation sites excluding steroid dienone is 2. The molecule has 1 rings (SSSR count). The van der Waals surface area contributed by atoms with Gasteiger partial charge in [0.05, 0.1) is 0 Å². The van der Waals surface area contributed by atoms with Crippen LogP contribution in [0, 0.1) is 17.3 Å². The van der Waals surface area contributed by atoms with E-state index in [1.807, 2.05) is 0 Å². The van der Waals surface area contributed by atoms with Crippen molar-refractivity contribution in [3.05, 3.63) is 11.6 Å². The molecule has 0 bridgehead atoms. The zero-order valence-corrected chi connectivity index (χ0v) is 9.45. The summed E-state index contributed by atoms with van der Waals surface area (Å²) in [7, 11) is 0. The van der Waals surface area contributed by atoms with Gasteiger partial charge in [0.1, 0.15) is 0 Å². The van der Waals surface area contributed by atoms with Gasteiger partial charge in [0.15, 0.2) is 0 Å². The Labute approximate surface area is 86.6 Å². The lowest BCUT2D eigenvalue weighted by Gasteiger charge is -2.43. The van der Waals surface area contributed by atoms with E-state index in [0.717, 1.165) is 12.8 Å². The van der Waals surface area contributed by atoms with E-state index in [2.05, 4.69) is 26.8 Å². The van der Waals surface area contributed by atoms with Crippen LogP contribution in [0.15, 0.2) is 11.6 Å². The van der Waals surface area contributed by atoms with Gasteiger partial charge in [0.25, 0.3) is 0 Å². The van der Waals surface area contributed by atoms with E-state index >= 15 is 0 Å². The summed E-state index contributed by atoms with van der Waals surface area (Å²) >= 11 is 0. The summed E-state index contributed by atoms with van der Waals surface area (Å²) in [5.74, 6) is 0.565. The first-order valence-corrected chi connectivity index (χ1v) is 5.43. The minimum atomic E-state index is -0.0407. The Hall–Kier alpha value is -0.340. The third-order valence-electron chi connectivity index (χ3n) is 3.64. The minimum absolute atomic E-state index is 0.0407. The Morgan fingerprint density at radius 3 is 2.71 bits per heavy atom. The second-order valence-electron chi connectivity index (χ2n) is 4.94. The average molecular weight is 198 g/mol. The first kappa shape index (κ1) is 11.7. The van der Waals surface area contributed by atoms with E-state index in [1.54, 1.807) is 0 Å². The van der Waals surface area contributed by atoms with E-state index in [9.17, 15) is 10.2 Å². The quantitative estimate of drug-likeness (QED) is 0.681. The SMILES string of the molecule is CC1=CCC[C@](C)(CO)[C@@H]1[C@H](C)CO. The molecule has 0 amide bonds. The van der Waals surface area contributed by atoms with Crippen LogP contribution in [-0.4, -0.2) is 23.4 Å². The van der Waals surface area contributed by atoms with Gasteiger partial charge in [-0.05, 0) is 37.0 Å². The first-order chi connectivity index (χ1) is 6.55. The van der Waals surface area contributed by atoms with E-state index in [1.165, 1.54) is 5.57 Å². The zero-order chi connectivity index (χ0) is 10.8. The fourth-order valence-electron chi connectivity index (χ4n) is 2.88. The average Bonchev–Trinajstić information content (AvgIpc) is 2.17. The Morgan fingerprint density at radius 1 is 1.57 bits per heavy atom. The van der Waals surface area contributed by atoms with E-state index in [4.69, 9.17) is 0 Å². The lowest BCUT2D eigenvalue weighted by Crippen LogP contribution is -2.39. The Bertz CT molecular complexity index is 222. The van der Waals surface area contributed by atoms with Crippen molar-refractivity contribution < 1.29 is 10.2 Å². The predicted octanol–water partition coefficient (Wildman–Crippen LogP) is 1.97. The number of aliphatic hydroxyl groups is 2. The van der Waals surface area contributed by atoms with Crippen LogP contribution in [0.25, 0.3) is 0 Å². The molecule has 0 aromatic carbocycles. The molecular weight excluding hydrogens is 176 g/mol. The molecule has 0 unspecified atom stereocenters.